The summed E-state index contributed by atoms with van der Waals surface area (Å²) in [4.78, 5) is 37.9. The Kier molecular flexibility index (Phi) is 8.29. The molecule has 28 heavy (non-hydrogen) atoms. The summed E-state index contributed by atoms with van der Waals surface area (Å²) < 4.78 is 5.49. The van der Waals surface area contributed by atoms with Crippen molar-refractivity contribution >= 4 is 17.8 Å². The lowest BCUT2D eigenvalue weighted by molar-refractivity contribution is -0.149. The lowest BCUT2D eigenvalue weighted by Gasteiger charge is -2.37. The quantitative estimate of drug-likeness (QED) is 0.571. The van der Waals surface area contributed by atoms with Crippen LogP contribution in [0.3, 0.4) is 0 Å². The molecule has 158 valence electrons. The van der Waals surface area contributed by atoms with Crippen LogP contribution in [0.4, 0.5) is 0 Å². The SMILES string of the molecule is CCCN(CCC1CCCCC1)C(=O)[C@@H]1OC(C(=O)O)=C[C@H](N)[C@H]1NC(C)=O. The minimum Gasteiger partial charge on any atom is -0.475 e. The van der Waals surface area contributed by atoms with E-state index in [1.165, 1.54) is 45.1 Å². The van der Waals surface area contributed by atoms with Gasteiger partial charge < -0.3 is 25.8 Å². The van der Waals surface area contributed by atoms with Gasteiger partial charge in [-0.15, -0.1) is 0 Å². The molecule has 8 nitrogen and oxygen atoms in total. The van der Waals surface area contributed by atoms with E-state index in [4.69, 9.17) is 10.5 Å². The summed E-state index contributed by atoms with van der Waals surface area (Å²) >= 11 is 0. The van der Waals surface area contributed by atoms with Gasteiger partial charge in [0, 0.05) is 20.0 Å². The van der Waals surface area contributed by atoms with Crippen molar-refractivity contribution in [2.75, 3.05) is 13.1 Å². The average molecular weight is 396 g/mol. The van der Waals surface area contributed by atoms with Crippen LogP contribution in [0, 0.1) is 5.92 Å². The number of nitrogens with zero attached hydrogens (tertiary/aromatic N) is 1. The molecule has 0 aromatic heterocycles. The van der Waals surface area contributed by atoms with E-state index >= 15 is 0 Å². The number of carbonyl (C=O) groups excluding carboxylic acids is 2. The Bertz CT molecular complexity index is 601. The first-order chi connectivity index (χ1) is 13.3. The molecule has 0 unspecified atom stereocenters. The monoisotopic (exact) mass is 395 g/mol. The summed E-state index contributed by atoms with van der Waals surface area (Å²) in [5, 5.41) is 11.9. The van der Waals surface area contributed by atoms with E-state index in [-0.39, 0.29) is 17.6 Å². The fourth-order valence-corrected chi connectivity index (χ4v) is 4.06. The summed E-state index contributed by atoms with van der Waals surface area (Å²) in [6.07, 6.45) is 7.95. The number of nitrogens with two attached hydrogens (primary N) is 1. The smallest absolute Gasteiger partial charge is 0.370 e. The number of nitrogens with one attached hydrogen (secondary N) is 1. The topological polar surface area (TPSA) is 122 Å². The third-order valence-corrected chi connectivity index (χ3v) is 5.50. The molecule has 1 saturated carbocycles. The molecule has 1 fully saturated rings. The molecule has 0 bridgehead atoms. The Morgan fingerprint density at radius 3 is 2.50 bits per heavy atom. The van der Waals surface area contributed by atoms with Gasteiger partial charge in [0.25, 0.3) is 5.91 Å². The molecule has 0 aromatic rings. The molecule has 1 aliphatic carbocycles. The number of hydrogen-bond donors (Lipinski definition) is 3. The Morgan fingerprint density at radius 2 is 1.93 bits per heavy atom. The number of hydrogen-bond acceptors (Lipinski definition) is 5. The predicted octanol–water partition coefficient (Wildman–Crippen LogP) is 1.39. The Labute approximate surface area is 166 Å². The maximum atomic E-state index is 13.2. The first-order valence-corrected chi connectivity index (χ1v) is 10.3. The number of rotatable bonds is 8. The molecule has 0 saturated heterocycles. The fourth-order valence-electron chi connectivity index (χ4n) is 4.06. The number of carbonyl (C=O) groups is 3. The molecule has 1 heterocycles. The molecular weight excluding hydrogens is 362 g/mol. The van der Waals surface area contributed by atoms with Crippen molar-refractivity contribution in [2.45, 2.75) is 77.0 Å². The summed E-state index contributed by atoms with van der Waals surface area (Å²) in [5.41, 5.74) is 6.04. The first kappa shape index (κ1) is 22.2. The van der Waals surface area contributed by atoms with Gasteiger partial charge in [-0.1, -0.05) is 39.0 Å². The maximum absolute atomic E-state index is 13.2. The second-order valence-electron chi connectivity index (χ2n) is 7.80. The molecule has 0 radical (unpaired) electrons. The third kappa shape index (κ3) is 5.95. The number of carboxylic acid groups (broad SMARTS) is 1. The van der Waals surface area contributed by atoms with Crippen LogP contribution in [0.2, 0.25) is 0 Å². The number of amides is 2. The third-order valence-electron chi connectivity index (χ3n) is 5.50. The lowest BCUT2D eigenvalue weighted by Crippen LogP contribution is -2.61. The molecule has 0 aromatic carbocycles. The van der Waals surface area contributed by atoms with Gasteiger partial charge in [-0.05, 0) is 24.8 Å². The molecule has 2 aliphatic rings. The van der Waals surface area contributed by atoms with Crippen molar-refractivity contribution in [1.82, 2.24) is 10.2 Å². The van der Waals surface area contributed by atoms with Crippen LogP contribution < -0.4 is 11.1 Å². The first-order valence-electron chi connectivity index (χ1n) is 10.3. The normalized spacial score (nSPS) is 25.4. The van der Waals surface area contributed by atoms with Crippen molar-refractivity contribution in [3.8, 4) is 0 Å². The van der Waals surface area contributed by atoms with Gasteiger partial charge in [0.2, 0.25) is 11.7 Å². The van der Waals surface area contributed by atoms with Gasteiger partial charge in [-0.25, -0.2) is 4.79 Å². The maximum Gasteiger partial charge on any atom is 0.370 e. The second-order valence-corrected chi connectivity index (χ2v) is 7.80. The van der Waals surface area contributed by atoms with Crippen molar-refractivity contribution in [3.05, 3.63) is 11.8 Å². The van der Waals surface area contributed by atoms with E-state index in [9.17, 15) is 19.5 Å². The van der Waals surface area contributed by atoms with Crippen molar-refractivity contribution in [3.63, 3.8) is 0 Å². The molecular formula is C20H33N3O5. The summed E-state index contributed by atoms with van der Waals surface area (Å²) in [6.45, 7) is 4.48. The highest BCUT2D eigenvalue weighted by Crippen LogP contribution is 2.27. The summed E-state index contributed by atoms with van der Waals surface area (Å²) in [5.74, 6) is -1.68. The molecule has 8 heteroatoms. The van der Waals surface area contributed by atoms with Gasteiger partial charge in [0.05, 0.1) is 12.1 Å². The number of aliphatic carboxylic acids is 1. The largest absolute Gasteiger partial charge is 0.475 e. The van der Waals surface area contributed by atoms with Crippen LogP contribution >= 0.6 is 0 Å². The second kappa shape index (κ2) is 10.5. The number of carboxylic acids is 1. The minimum absolute atomic E-state index is 0.321. The standard InChI is InChI=1S/C20H33N3O5/c1-3-10-23(11-9-14-7-5-4-6-8-14)19(25)18-17(22-13(2)24)15(21)12-16(28-18)20(26)27/h12,14-15,17-18H,3-11,21H2,1-2H3,(H,22,24)(H,26,27)/t15-,17+,18+/m0/s1. The van der Waals surface area contributed by atoms with Gasteiger partial charge in [-0.2, -0.15) is 0 Å². The Hall–Kier alpha value is -2.09. The molecule has 2 rings (SSSR count). The average Bonchev–Trinajstić information content (AvgIpc) is 2.66. The summed E-state index contributed by atoms with van der Waals surface area (Å²) in [7, 11) is 0. The van der Waals surface area contributed by atoms with E-state index in [0.717, 1.165) is 12.8 Å². The van der Waals surface area contributed by atoms with Crippen molar-refractivity contribution < 1.29 is 24.2 Å². The van der Waals surface area contributed by atoms with Crippen LogP contribution in [0.25, 0.3) is 0 Å². The van der Waals surface area contributed by atoms with Crippen molar-refractivity contribution in [2.24, 2.45) is 11.7 Å². The highest BCUT2D eigenvalue weighted by atomic mass is 16.5. The van der Waals surface area contributed by atoms with Gasteiger partial charge >= 0.3 is 5.97 Å². The molecule has 3 atom stereocenters. The van der Waals surface area contributed by atoms with Gasteiger partial charge in [0.1, 0.15) is 0 Å². The minimum atomic E-state index is -1.28. The van der Waals surface area contributed by atoms with Crippen LogP contribution in [-0.2, 0) is 19.1 Å². The molecule has 1 aliphatic heterocycles. The van der Waals surface area contributed by atoms with E-state index in [2.05, 4.69) is 5.32 Å². The highest BCUT2D eigenvalue weighted by Gasteiger charge is 2.42. The van der Waals surface area contributed by atoms with Crippen molar-refractivity contribution in [1.29, 1.82) is 0 Å². The Balaban J connectivity index is 2.14. The van der Waals surface area contributed by atoms with E-state index in [0.29, 0.717) is 19.0 Å². The van der Waals surface area contributed by atoms with Crippen LogP contribution in [0.5, 0.6) is 0 Å². The zero-order chi connectivity index (χ0) is 20.7. The highest BCUT2D eigenvalue weighted by molar-refractivity contribution is 5.88. The molecule has 0 spiro atoms. The van der Waals surface area contributed by atoms with E-state index in [1.807, 2.05) is 6.92 Å². The lowest BCUT2D eigenvalue weighted by atomic mass is 9.87. The van der Waals surface area contributed by atoms with Gasteiger partial charge in [-0.3, -0.25) is 9.59 Å². The zero-order valence-corrected chi connectivity index (χ0v) is 16.9. The van der Waals surface area contributed by atoms with Crippen LogP contribution in [0.15, 0.2) is 11.8 Å². The van der Waals surface area contributed by atoms with Crippen LogP contribution in [-0.4, -0.2) is 59.1 Å². The summed E-state index contributed by atoms with van der Waals surface area (Å²) in [6, 6.07) is -1.62. The number of ether oxygens (including phenoxy) is 1. The fraction of sp³-hybridized carbons (Fsp3) is 0.750. The zero-order valence-electron chi connectivity index (χ0n) is 16.9. The predicted molar refractivity (Wildman–Crippen MR) is 104 cm³/mol. The van der Waals surface area contributed by atoms with E-state index < -0.39 is 24.2 Å². The molecule has 2 amide bonds. The molecule has 4 N–H and O–H groups in total. The Morgan fingerprint density at radius 1 is 1.25 bits per heavy atom. The van der Waals surface area contributed by atoms with Gasteiger partial charge in [0.15, 0.2) is 6.10 Å². The van der Waals surface area contributed by atoms with Crippen LogP contribution in [0.1, 0.15) is 58.8 Å². The van der Waals surface area contributed by atoms with E-state index in [1.54, 1.807) is 4.90 Å².